The van der Waals surface area contributed by atoms with E-state index in [9.17, 15) is 9.59 Å². The molecule has 0 radical (unpaired) electrons. The molecule has 0 spiro atoms. The second-order valence-corrected chi connectivity index (χ2v) is 7.43. The number of benzene rings is 1. The molecule has 1 unspecified atom stereocenters. The van der Waals surface area contributed by atoms with E-state index in [4.69, 9.17) is 0 Å². The van der Waals surface area contributed by atoms with E-state index in [1.165, 1.54) is 0 Å². The lowest BCUT2D eigenvalue weighted by molar-refractivity contribution is 0.186. The first-order chi connectivity index (χ1) is 13.4. The van der Waals surface area contributed by atoms with Crippen LogP contribution in [-0.2, 0) is 0 Å². The van der Waals surface area contributed by atoms with E-state index in [-0.39, 0.29) is 11.7 Å². The molecule has 7 heteroatoms. The summed E-state index contributed by atoms with van der Waals surface area (Å²) < 4.78 is 1.55. The van der Waals surface area contributed by atoms with Crippen LogP contribution < -0.4 is 16.3 Å². The fourth-order valence-electron chi connectivity index (χ4n) is 3.55. The molecule has 3 N–H and O–H groups in total. The maximum absolute atomic E-state index is 12.6. The molecule has 2 aromatic rings. The number of aryl methyl sites for hydroxylation is 1. The van der Waals surface area contributed by atoms with Gasteiger partial charge in [-0.05, 0) is 44.5 Å². The Kier molecular flexibility index (Phi) is 7.87. The number of para-hydroxylation sites is 2. The summed E-state index contributed by atoms with van der Waals surface area (Å²) in [6.45, 7) is 13.0. The number of carbonyl (C=O) groups is 1. The smallest absolute Gasteiger partial charge is 0.330 e. The highest BCUT2D eigenvalue weighted by molar-refractivity contribution is 5.91. The normalized spacial score (nSPS) is 12.4. The average molecular weight is 388 g/mol. The fourth-order valence-corrected chi connectivity index (χ4v) is 3.55. The van der Waals surface area contributed by atoms with Crippen LogP contribution in [0.2, 0.25) is 0 Å². The Hall–Kier alpha value is -2.54. The summed E-state index contributed by atoms with van der Waals surface area (Å²) in [7, 11) is 0. The number of amides is 2. The monoisotopic (exact) mass is 387 g/mol. The van der Waals surface area contributed by atoms with Crippen molar-refractivity contribution in [2.45, 2.75) is 47.1 Å². The Morgan fingerprint density at radius 1 is 1.21 bits per heavy atom. The number of likely N-dealkylation sites (N-methyl/N-ethyl adjacent to an activating group) is 1. The number of imidazole rings is 1. The highest BCUT2D eigenvalue weighted by Crippen LogP contribution is 2.19. The number of aromatic nitrogens is 2. The standard InChI is InChI=1S/C21H33N5O2/c1-6-25(7-2)17(12-15(3)4)14-22-20(27)24-18-10-8-9-11-19(18)26-16(5)13-23-21(26)28/h8-11,13,15,17H,6-7,12,14H2,1-5H3,(H,23,28)(H2,22,24,27). The number of H-pyrrole nitrogens is 1. The molecule has 0 bridgehead atoms. The molecule has 0 aliphatic rings. The Morgan fingerprint density at radius 2 is 1.89 bits per heavy atom. The number of aromatic amines is 1. The van der Waals surface area contributed by atoms with Gasteiger partial charge in [0.05, 0.1) is 11.4 Å². The van der Waals surface area contributed by atoms with Gasteiger partial charge in [-0.3, -0.25) is 9.47 Å². The van der Waals surface area contributed by atoms with Crippen LogP contribution in [-0.4, -0.2) is 46.2 Å². The van der Waals surface area contributed by atoms with Crippen LogP contribution in [0.5, 0.6) is 0 Å². The average Bonchev–Trinajstić information content (AvgIpc) is 2.99. The van der Waals surface area contributed by atoms with Crippen LogP contribution in [0, 0.1) is 12.8 Å². The molecule has 7 nitrogen and oxygen atoms in total. The predicted octanol–water partition coefficient (Wildman–Crippen LogP) is 3.35. The van der Waals surface area contributed by atoms with Gasteiger partial charge in [-0.15, -0.1) is 0 Å². The molecule has 2 amide bonds. The highest BCUT2D eigenvalue weighted by Gasteiger charge is 2.18. The van der Waals surface area contributed by atoms with Crippen molar-refractivity contribution < 1.29 is 4.79 Å². The molecule has 0 saturated heterocycles. The second-order valence-electron chi connectivity index (χ2n) is 7.43. The molecule has 28 heavy (non-hydrogen) atoms. The SMILES string of the molecule is CCN(CC)C(CNC(=O)Nc1ccccc1-n1c(C)c[nH]c1=O)CC(C)C. The van der Waals surface area contributed by atoms with Crippen molar-refractivity contribution in [2.75, 3.05) is 25.0 Å². The Labute approximate surface area is 167 Å². The van der Waals surface area contributed by atoms with E-state index in [0.29, 0.717) is 29.9 Å². The van der Waals surface area contributed by atoms with Gasteiger partial charge in [0.15, 0.2) is 0 Å². The van der Waals surface area contributed by atoms with Gasteiger partial charge in [0.1, 0.15) is 0 Å². The quantitative estimate of drug-likeness (QED) is 0.617. The number of nitrogens with one attached hydrogen (secondary N) is 3. The first kappa shape index (κ1) is 21.8. The number of urea groups is 1. The van der Waals surface area contributed by atoms with Crippen LogP contribution in [0.3, 0.4) is 0 Å². The summed E-state index contributed by atoms with van der Waals surface area (Å²) in [5, 5.41) is 5.90. The molecule has 2 rings (SSSR count). The zero-order valence-corrected chi connectivity index (χ0v) is 17.6. The number of rotatable bonds is 9. The number of hydrogen-bond acceptors (Lipinski definition) is 3. The van der Waals surface area contributed by atoms with Gasteiger partial charge in [0, 0.05) is 24.5 Å². The Balaban J connectivity index is 2.10. The van der Waals surface area contributed by atoms with Gasteiger partial charge in [-0.1, -0.05) is 39.8 Å². The first-order valence-corrected chi connectivity index (χ1v) is 10.0. The largest absolute Gasteiger partial charge is 0.336 e. The van der Waals surface area contributed by atoms with Gasteiger partial charge in [0.2, 0.25) is 0 Å². The summed E-state index contributed by atoms with van der Waals surface area (Å²) >= 11 is 0. The summed E-state index contributed by atoms with van der Waals surface area (Å²) in [4.78, 5) is 29.7. The molecule has 0 fully saturated rings. The van der Waals surface area contributed by atoms with Crippen LogP contribution in [0.25, 0.3) is 5.69 Å². The third-order valence-electron chi connectivity index (χ3n) is 4.92. The lowest BCUT2D eigenvalue weighted by atomic mass is 10.0. The van der Waals surface area contributed by atoms with Gasteiger partial charge in [-0.25, -0.2) is 9.59 Å². The zero-order valence-electron chi connectivity index (χ0n) is 17.6. The second kappa shape index (κ2) is 10.1. The number of carbonyl (C=O) groups excluding carboxylic acids is 1. The third-order valence-corrected chi connectivity index (χ3v) is 4.92. The summed E-state index contributed by atoms with van der Waals surface area (Å²) in [5.41, 5.74) is 1.78. The van der Waals surface area contributed by atoms with Crippen molar-refractivity contribution >= 4 is 11.7 Å². The van der Waals surface area contributed by atoms with Crippen LogP contribution in [0.4, 0.5) is 10.5 Å². The van der Waals surface area contributed by atoms with Crippen LogP contribution >= 0.6 is 0 Å². The van der Waals surface area contributed by atoms with Gasteiger partial charge < -0.3 is 15.6 Å². The minimum atomic E-state index is -0.269. The summed E-state index contributed by atoms with van der Waals surface area (Å²) in [6, 6.07) is 7.32. The molecule has 154 valence electrons. The molecule has 1 heterocycles. The Bertz CT molecular complexity index is 820. The molecule has 0 saturated carbocycles. The van der Waals surface area contributed by atoms with Crippen molar-refractivity contribution in [1.29, 1.82) is 0 Å². The van der Waals surface area contributed by atoms with E-state index in [0.717, 1.165) is 25.2 Å². The fraction of sp³-hybridized carbons (Fsp3) is 0.524. The molecular formula is C21H33N5O2. The third kappa shape index (κ3) is 5.48. The minimum absolute atomic E-state index is 0.231. The van der Waals surface area contributed by atoms with Crippen molar-refractivity contribution in [3.8, 4) is 5.69 Å². The summed E-state index contributed by atoms with van der Waals surface area (Å²) in [6.07, 6.45) is 2.68. The van der Waals surface area contributed by atoms with Crippen molar-refractivity contribution in [2.24, 2.45) is 5.92 Å². The number of nitrogens with zero attached hydrogens (tertiary/aromatic N) is 2. The zero-order chi connectivity index (χ0) is 20.7. The Morgan fingerprint density at radius 3 is 2.46 bits per heavy atom. The van der Waals surface area contributed by atoms with Crippen LogP contribution in [0.15, 0.2) is 35.3 Å². The van der Waals surface area contributed by atoms with Crippen molar-refractivity contribution in [3.05, 3.63) is 46.6 Å². The van der Waals surface area contributed by atoms with Gasteiger partial charge >= 0.3 is 11.7 Å². The van der Waals surface area contributed by atoms with Gasteiger partial charge in [-0.2, -0.15) is 0 Å². The van der Waals surface area contributed by atoms with E-state index >= 15 is 0 Å². The maximum atomic E-state index is 12.6. The summed E-state index contributed by atoms with van der Waals surface area (Å²) in [5.74, 6) is 0.555. The maximum Gasteiger partial charge on any atom is 0.330 e. The molecule has 0 aliphatic heterocycles. The van der Waals surface area contributed by atoms with E-state index < -0.39 is 0 Å². The van der Waals surface area contributed by atoms with E-state index in [1.54, 1.807) is 16.8 Å². The minimum Gasteiger partial charge on any atom is -0.336 e. The number of anilines is 1. The molecule has 0 aliphatic carbocycles. The lowest BCUT2D eigenvalue weighted by Crippen LogP contribution is -2.45. The molecule has 1 aromatic heterocycles. The van der Waals surface area contributed by atoms with Crippen molar-refractivity contribution in [3.63, 3.8) is 0 Å². The molecule has 1 aromatic carbocycles. The lowest BCUT2D eigenvalue weighted by Gasteiger charge is -2.31. The molecule has 1 atom stereocenters. The van der Waals surface area contributed by atoms with E-state index in [1.807, 2.05) is 25.1 Å². The molecular weight excluding hydrogens is 354 g/mol. The van der Waals surface area contributed by atoms with Gasteiger partial charge in [0.25, 0.3) is 0 Å². The van der Waals surface area contributed by atoms with Crippen molar-refractivity contribution in [1.82, 2.24) is 19.8 Å². The van der Waals surface area contributed by atoms with E-state index in [2.05, 4.69) is 48.2 Å². The highest BCUT2D eigenvalue weighted by atomic mass is 16.2. The predicted molar refractivity (Wildman–Crippen MR) is 114 cm³/mol. The number of hydrogen-bond donors (Lipinski definition) is 3. The topological polar surface area (TPSA) is 82.2 Å². The first-order valence-electron chi connectivity index (χ1n) is 10.0. The van der Waals surface area contributed by atoms with Crippen LogP contribution in [0.1, 0.15) is 39.8 Å².